The average Bonchev–Trinajstić information content (AvgIpc) is 2.57. The van der Waals surface area contributed by atoms with Gasteiger partial charge < -0.3 is 14.4 Å². The minimum absolute atomic E-state index is 0.101. The van der Waals surface area contributed by atoms with Gasteiger partial charge >= 0.3 is 0 Å². The minimum atomic E-state index is -0.557. The van der Waals surface area contributed by atoms with Crippen LogP contribution in [0.2, 0.25) is 0 Å². The van der Waals surface area contributed by atoms with Gasteiger partial charge in [-0.1, -0.05) is 13.0 Å². The van der Waals surface area contributed by atoms with Gasteiger partial charge in [0, 0.05) is 37.8 Å². The lowest BCUT2D eigenvalue weighted by molar-refractivity contribution is -0.128. The predicted molar refractivity (Wildman–Crippen MR) is 88.8 cm³/mol. The quantitative estimate of drug-likeness (QED) is 0.681. The minimum Gasteiger partial charge on any atom is -0.366 e. The van der Waals surface area contributed by atoms with E-state index < -0.39 is 11.6 Å². The Kier molecular flexibility index (Phi) is 6.83. The lowest BCUT2D eigenvalue weighted by Gasteiger charge is -2.43. The summed E-state index contributed by atoms with van der Waals surface area (Å²) in [5.74, 6) is -1.06. The van der Waals surface area contributed by atoms with Gasteiger partial charge in [0.1, 0.15) is 24.5 Å². The fourth-order valence-corrected chi connectivity index (χ4v) is 3.17. The topological polar surface area (TPSA) is 32.8 Å². The Balaban J connectivity index is 1.97. The molecule has 0 atom stereocenters. The number of hydrogen-bond donors (Lipinski definition) is 0. The fourth-order valence-electron chi connectivity index (χ4n) is 3.17. The number of nitrogens with zero attached hydrogens (tertiary/aromatic N) is 2. The summed E-state index contributed by atoms with van der Waals surface area (Å²) >= 11 is 0. The van der Waals surface area contributed by atoms with Crippen molar-refractivity contribution in [3.8, 4) is 0 Å². The van der Waals surface area contributed by atoms with Gasteiger partial charge in [0.2, 0.25) is 0 Å². The van der Waals surface area contributed by atoms with Crippen LogP contribution in [0, 0.1) is 11.6 Å². The molecule has 24 heavy (non-hydrogen) atoms. The van der Waals surface area contributed by atoms with Gasteiger partial charge in [0.25, 0.3) is 0 Å². The van der Waals surface area contributed by atoms with E-state index >= 15 is 0 Å². The number of piperidine rings is 1. The SMILES string of the molecule is CCN(C)CC1(OCC=O)CCN(Cc2ccc(F)cc2F)CC1. The van der Waals surface area contributed by atoms with Crippen LogP contribution in [0.5, 0.6) is 0 Å². The van der Waals surface area contributed by atoms with Gasteiger partial charge in [-0.3, -0.25) is 4.90 Å². The number of carbonyl (C=O) groups excluding carboxylic acids is 1. The predicted octanol–water partition coefficient (Wildman–Crippen LogP) is 2.47. The van der Waals surface area contributed by atoms with Crippen molar-refractivity contribution < 1.29 is 18.3 Å². The van der Waals surface area contributed by atoms with Crippen molar-refractivity contribution in [1.82, 2.24) is 9.80 Å². The summed E-state index contributed by atoms with van der Waals surface area (Å²) in [6.45, 7) is 5.84. The standard InChI is InChI=1S/C18H26F2N2O2/c1-3-21(2)14-18(24-11-10-23)6-8-22(9-7-18)13-15-4-5-16(19)12-17(15)20/h4-5,10,12H,3,6-9,11,13-14H2,1-2H3. The molecule has 1 aromatic rings. The number of carbonyl (C=O) groups is 1. The number of halogens is 2. The largest absolute Gasteiger partial charge is 0.366 e. The van der Waals surface area contributed by atoms with E-state index in [9.17, 15) is 13.6 Å². The average molecular weight is 340 g/mol. The van der Waals surface area contributed by atoms with Gasteiger partial charge in [-0.25, -0.2) is 8.78 Å². The number of benzene rings is 1. The number of likely N-dealkylation sites (tertiary alicyclic amines) is 1. The van der Waals surface area contributed by atoms with E-state index in [1.165, 1.54) is 12.1 Å². The fraction of sp³-hybridized carbons (Fsp3) is 0.611. The number of hydrogen-bond acceptors (Lipinski definition) is 4. The number of aldehydes is 1. The molecule has 1 heterocycles. The molecule has 1 fully saturated rings. The van der Waals surface area contributed by atoms with E-state index in [0.29, 0.717) is 12.1 Å². The second-order valence-corrected chi connectivity index (χ2v) is 6.50. The van der Waals surface area contributed by atoms with Crippen molar-refractivity contribution in [3.63, 3.8) is 0 Å². The summed E-state index contributed by atoms with van der Waals surface area (Å²) < 4.78 is 32.7. The molecule has 1 aliphatic heterocycles. The Morgan fingerprint density at radius 3 is 2.62 bits per heavy atom. The maximum absolute atomic E-state index is 13.8. The smallest absolute Gasteiger partial charge is 0.145 e. The molecule has 0 aromatic heterocycles. The van der Waals surface area contributed by atoms with Gasteiger partial charge in [-0.15, -0.1) is 0 Å². The van der Waals surface area contributed by atoms with Gasteiger partial charge in [0.05, 0.1) is 5.60 Å². The van der Waals surface area contributed by atoms with Crippen LogP contribution in [0.1, 0.15) is 25.3 Å². The van der Waals surface area contributed by atoms with Crippen LogP contribution in [-0.2, 0) is 16.1 Å². The molecule has 0 N–H and O–H groups in total. The van der Waals surface area contributed by atoms with Gasteiger partial charge in [-0.2, -0.15) is 0 Å². The van der Waals surface area contributed by atoms with Gasteiger partial charge in [-0.05, 0) is 32.5 Å². The Labute approximate surface area is 142 Å². The first-order valence-electron chi connectivity index (χ1n) is 8.40. The van der Waals surface area contributed by atoms with E-state index in [0.717, 1.165) is 51.4 Å². The number of rotatable bonds is 8. The highest BCUT2D eigenvalue weighted by molar-refractivity contribution is 5.50. The normalized spacial score (nSPS) is 18.0. The molecule has 0 spiro atoms. The molecule has 0 amide bonds. The highest BCUT2D eigenvalue weighted by Gasteiger charge is 2.36. The van der Waals surface area contributed by atoms with E-state index in [2.05, 4.69) is 16.7 Å². The van der Waals surface area contributed by atoms with Crippen LogP contribution in [-0.4, -0.2) is 61.5 Å². The Hall–Kier alpha value is -1.37. The Bertz CT molecular complexity index is 546. The molecule has 134 valence electrons. The Morgan fingerprint density at radius 1 is 1.33 bits per heavy atom. The molecule has 2 rings (SSSR count). The zero-order valence-corrected chi connectivity index (χ0v) is 14.4. The second-order valence-electron chi connectivity index (χ2n) is 6.50. The summed E-state index contributed by atoms with van der Waals surface area (Å²) in [6, 6.07) is 3.71. The van der Waals surface area contributed by atoms with Crippen molar-refractivity contribution in [2.24, 2.45) is 0 Å². The van der Waals surface area contributed by atoms with E-state index in [1.54, 1.807) is 0 Å². The van der Waals surface area contributed by atoms with Crippen LogP contribution in [0.4, 0.5) is 8.78 Å². The van der Waals surface area contributed by atoms with Gasteiger partial charge in [0.15, 0.2) is 0 Å². The molecule has 0 radical (unpaired) electrons. The highest BCUT2D eigenvalue weighted by atomic mass is 19.1. The Morgan fingerprint density at radius 2 is 2.04 bits per heavy atom. The molecule has 4 nitrogen and oxygen atoms in total. The number of ether oxygens (including phenoxy) is 1. The maximum Gasteiger partial charge on any atom is 0.145 e. The molecule has 0 saturated carbocycles. The van der Waals surface area contributed by atoms with Crippen LogP contribution in [0.15, 0.2) is 18.2 Å². The second kappa shape index (κ2) is 8.65. The molecule has 0 bridgehead atoms. The lowest BCUT2D eigenvalue weighted by Crippen LogP contribution is -2.52. The first-order valence-corrected chi connectivity index (χ1v) is 8.40. The van der Waals surface area contributed by atoms with Crippen LogP contribution in [0.3, 0.4) is 0 Å². The van der Waals surface area contributed by atoms with Crippen molar-refractivity contribution >= 4 is 6.29 Å². The third kappa shape index (κ3) is 5.06. The van der Waals surface area contributed by atoms with E-state index in [-0.39, 0.29) is 12.2 Å². The number of likely N-dealkylation sites (N-methyl/N-ethyl adjacent to an activating group) is 1. The third-order valence-corrected chi connectivity index (χ3v) is 4.73. The van der Waals surface area contributed by atoms with Crippen LogP contribution >= 0.6 is 0 Å². The molecular weight excluding hydrogens is 314 g/mol. The molecule has 0 aliphatic carbocycles. The molecule has 1 aliphatic rings. The monoisotopic (exact) mass is 340 g/mol. The molecular formula is C18H26F2N2O2. The molecule has 1 aromatic carbocycles. The molecule has 0 unspecified atom stereocenters. The molecule has 6 heteroatoms. The van der Waals surface area contributed by atoms with Crippen LogP contribution in [0.25, 0.3) is 0 Å². The summed E-state index contributed by atoms with van der Waals surface area (Å²) in [6.07, 6.45) is 2.36. The zero-order valence-electron chi connectivity index (χ0n) is 14.4. The van der Waals surface area contributed by atoms with Crippen molar-refractivity contribution in [2.75, 3.05) is 39.8 Å². The molecule has 1 saturated heterocycles. The van der Waals surface area contributed by atoms with Crippen LogP contribution < -0.4 is 0 Å². The summed E-state index contributed by atoms with van der Waals surface area (Å²) in [5, 5.41) is 0. The lowest BCUT2D eigenvalue weighted by atomic mass is 9.90. The van der Waals surface area contributed by atoms with E-state index in [1.807, 2.05) is 7.05 Å². The highest BCUT2D eigenvalue weighted by Crippen LogP contribution is 2.28. The van der Waals surface area contributed by atoms with Crippen molar-refractivity contribution in [3.05, 3.63) is 35.4 Å². The van der Waals surface area contributed by atoms with E-state index in [4.69, 9.17) is 4.74 Å². The van der Waals surface area contributed by atoms with Crippen molar-refractivity contribution in [1.29, 1.82) is 0 Å². The third-order valence-electron chi connectivity index (χ3n) is 4.73. The summed E-state index contributed by atoms with van der Waals surface area (Å²) in [4.78, 5) is 15.0. The van der Waals surface area contributed by atoms with Crippen molar-refractivity contribution in [2.45, 2.75) is 31.9 Å². The zero-order chi connectivity index (χ0) is 17.6. The summed E-state index contributed by atoms with van der Waals surface area (Å²) in [7, 11) is 2.03. The first-order chi connectivity index (χ1) is 11.5. The summed E-state index contributed by atoms with van der Waals surface area (Å²) in [5.41, 5.74) is 0.173. The maximum atomic E-state index is 13.8. The first kappa shape index (κ1) is 19.0.